The molecule has 0 amide bonds. The summed E-state index contributed by atoms with van der Waals surface area (Å²) in [6, 6.07) is 6.74. The molecule has 1 unspecified atom stereocenters. The zero-order chi connectivity index (χ0) is 17.3. The van der Waals surface area contributed by atoms with Crippen molar-refractivity contribution >= 4 is 32.9 Å². The number of aromatic hydroxyl groups is 2. The van der Waals surface area contributed by atoms with Crippen LogP contribution < -0.4 is 22.2 Å². The molecular formula is C18H16N4O3. The highest BCUT2D eigenvalue weighted by Crippen LogP contribution is 2.45. The highest BCUT2D eigenvalue weighted by atomic mass is 16.5. The first-order valence-electron chi connectivity index (χ1n) is 8.02. The van der Waals surface area contributed by atoms with Crippen LogP contribution in [0.1, 0.15) is 6.42 Å². The number of benzene rings is 3. The number of phenols is 2. The SMILES string of the molecule is Nc1ccc(N)c2c(O)c3c4c(ccc3c(O)c12)=NC1(CCOC1)N=4. The number of hydrogen-bond donors (Lipinski definition) is 4. The summed E-state index contributed by atoms with van der Waals surface area (Å²) in [4.78, 5) is 9.42. The first-order valence-corrected chi connectivity index (χ1v) is 8.02. The van der Waals surface area contributed by atoms with Crippen LogP contribution in [0.2, 0.25) is 0 Å². The molecular weight excluding hydrogens is 320 g/mol. The van der Waals surface area contributed by atoms with Crippen molar-refractivity contribution in [1.29, 1.82) is 0 Å². The predicted molar refractivity (Wildman–Crippen MR) is 94.1 cm³/mol. The summed E-state index contributed by atoms with van der Waals surface area (Å²) in [5.74, 6) is -0.0615. The Labute approximate surface area is 141 Å². The van der Waals surface area contributed by atoms with Crippen LogP contribution in [0.5, 0.6) is 11.5 Å². The number of anilines is 2. The van der Waals surface area contributed by atoms with Crippen LogP contribution in [0.15, 0.2) is 34.3 Å². The molecule has 1 saturated heterocycles. The second-order valence-corrected chi connectivity index (χ2v) is 6.56. The van der Waals surface area contributed by atoms with Crippen molar-refractivity contribution in [3.63, 3.8) is 0 Å². The standard InChI is InChI=1S/C18H16N4O3/c19-9-2-3-10(20)14-13(9)16(23)8-1-4-11-15(12(8)17(14)24)22-18(21-11)5-6-25-7-18/h1-4,23-24H,5-7,19-20H2. The number of hydrogen-bond acceptors (Lipinski definition) is 7. The van der Waals surface area contributed by atoms with Gasteiger partial charge in [0, 0.05) is 23.2 Å². The second kappa shape index (κ2) is 4.52. The minimum Gasteiger partial charge on any atom is -0.507 e. The molecule has 3 aromatic carbocycles. The molecule has 2 aliphatic rings. The van der Waals surface area contributed by atoms with Gasteiger partial charge >= 0.3 is 0 Å². The van der Waals surface area contributed by atoms with Gasteiger partial charge in [0.15, 0.2) is 5.66 Å². The molecule has 2 aliphatic heterocycles. The van der Waals surface area contributed by atoms with Gasteiger partial charge in [0.05, 0.1) is 40.1 Å². The van der Waals surface area contributed by atoms with E-state index in [9.17, 15) is 10.2 Å². The van der Waals surface area contributed by atoms with Crippen LogP contribution in [0.4, 0.5) is 11.4 Å². The summed E-state index contributed by atoms with van der Waals surface area (Å²) in [6.45, 7) is 1.02. The average molecular weight is 336 g/mol. The van der Waals surface area contributed by atoms with Crippen LogP contribution >= 0.6 is 0 Å². The summed E-state index contributed by atoms with van der Waals surface area (Å²) in [7, 11) is 0. The number of rotatable bonds is 0. The number of fused-ring (bicyclic) bond motifs is 4. The Bertz CT molecular complexity index is 1200. The minimum atomic E-state index is -0.630. The number of nitrogens with zero attached hydrogens (tertiary/aromatic N) is 2. The van der Waals surface area contributed by atoms with E-state index < -0.39 is 5.66 Å². The van der Waals surface area contributed by atoms with Crippen molar-refractivity contribution in [2.24, 2.45) is 9.98 Å². The fraction of sp³-hybridized carbons (Fsp3) is 0.222. The van der Waals surface area contributed by atoms with E-state index in [0.29, 0.717) is 63.3 Å². The lowest BCUT2D eigenvalue weighted by molar-refractivity contribution is 0.180. The zero-order valence-corrected chi connectivity index (χ0v) is 13.3. The van der Waals surface area contributed by atoms with Gasteiger partial charge in [-0.05, 0) is 24.3 Å². The number of phenolic OH excluding ortho intramolecular Hbond substituents is 2. The van der Waals surface area contributed by atoms with Gasteiger partial charge in [-0.3, -0.25) is 4.99 Å². The maximum Gasteiger partial charge on any atom is 0.176 e. The van der Waals surface area contributed by atoms with Gasteiger partial charge in [-0.15, -0.1) is 0 Å². The Morgan fingerprint density at radius 2 is 1.64 bits per heavy atom. The Kier molecular flexibility index (Phi) is 2.58. The van der Waals surface area contributed by atoms with E-state index in [2.05, 4.69) is 4.99 Å². The molecule has 1 spiro atoms. The lowest BCUT2D eigenvalue weighted by Gasteiger charge is -2.13. The first kappa shape index (κ1) is 14.3. The smallest absolute Gasteiger partial charge is 0.176 e. The second-order valence-electron chi connectivity index (χ2n) is 6.56. The van der Waals surface area contributed by atoms with E-state index in [1.807, 2.05) is 0 Å². The quantitative estimate of drug-likeness (QED) is 0.276. The molecule has 7 heteroatoms. The highest BCUT2D eigenvalue weighted by Gasteiger charge is 2.36. The summed E-state index contributed by atoms with van der Waals surface area (Å²) in [5.41, 5.74) is 12.1. The first-order chi connectivity index (χ1) is 12.0. The van der Waals surface area contributed by atoms with Gasteiger partial charge < -0.3 is 26.4 Å². The third-order valence-corrected chi connectivity index (χ3v) is 5.02. The lowest BCUT2D eigenvalue weighted by atomic mass is 9.97. The van der Waals surface area contributed by atoms with Crippen molar-refractivity contribution in [3.05, 3.63) is 35.0 Å². The summed E-state index contributed by atoms with van der Waals surface area (Å²) in [5, 5.41) is 24.6. The highest BCUT2D eigenvalue weighted by molar-refractivity contribution is 6.17. The van der Waals surface area contributed by atoms with Gasteiger partial charge in [-0.1, -0.05) is 0 Å². The summed E-state index contributed by atoms with van der Waals surface area (Å²) in [6.07, 6.45) is 0.693. The molecule has 25 heavy (non-hydrogen) atoms. The van der Waals surface area contributed by atoms with Crippen LogP contribution in [0.25, 0.3) is 21.5 Å². The number of nitrogens with two attached hydrogens (primary N) is 2. The molecule has 7 nitrogen and oxygen atoms in total. The Morgan fingerprint density at radius 1 is 0.920 bits per heavy atom. The Hall–Kier alpha value is -3.06. The van der Waals surface area contributed by atoms with E-state index in [1.165, 1.54) is 0 Å². The molecule has 0 aliphatic carbocycles. The monoisotopic (exact) mass is 336 g/mol. The molecule has 5 rings (SSSR count). The van der Waals surface area contributed by atoms with E-state index in [0.717, 1.165) is 0 Å². The predicted octanol–water partition coefficient (Wildman–Crippen LogP) is 0.938. The van der Waals surface area contributed by atoms with Crippen molar-refractivity contribution in [2.75, 3.05) is 24.7 Å². The maximum atomic E-state index is 11.0. The maximum absolute atomic E-state index is 11.0. The van der Waals surface area contributed by atoms with Crippen molar-refractivity contribution in [3.8, 4) is 11.5 Å². The fourth-order valence-electron chi connectivity index (χ4n) is 3.80. The normalized spacial score (nSPS) is 21.6. The molecule has 1 atom stereocenters. The zero-order valence-electron chi connectivity index (χ0n) is 13.3. The Morgan fingerprint density at radius 3 is 2.32 bits per heavy atom. The average Bonchev–Trinajstić information content (AvgIpc) is 3.20. The van der Waals surface area contributed by atoms with E-state index in [1.54, 1.807) is 24.3 Å². The lowest BCUT2D eigenvalue weighted by Crippen LogP contribution is -2.22. The van der Waals surface area contributed by atoms with Gasteiger partial charge in [0.25, 0.3) is 0 Å². The molecule has 6 N–H and O–H groups in total. The largest absolute Gasteiger partial charge is 0.507 e. The van der Waals surface area contributed by atoms with Crippen molar-refractivity contribution in [1.82, 2.24) is 0 Å². The molecule has 0 aromatic heterocycles. The van der Waals surface area contributed by atoms with E-state index in [-0.39, 0.29) is 11.5 Å². The van der Waals surface area contributed by atoms with Crippen LogP contribution in [0, 0.1) is 0 Å². The van der Waals surface area contributed by atoms with Crippen LogP contribution in [-0.2, 0) is 4.74 Å². The van der Waals surface area contributed by atoms with Crippen LogP contribution in [-0.4, -0.2) is 29.1 Å². The van der Waals surface area contributed by atoms with Gasteiger partial charge in [-0.2, -0.15) is 0 Å². The number of ether oxygens (including phenoxy) is 1. The van der Waals surface area contributed by atoms with Gasteiger partial charge in [0.1, 0.15) is 11.5 Å². The molecule has 126 valence electrons. The molecule has 3 aromatic rings. The van der Waals surface area contributed by atoms with E-state index in [4.69, 9.17) is 21.2 Å². The molecule has 1 fully saturated rings. The minimum absolute atomic E-state index is 0.0192. The van der Waals surface area contributed by atoms with Gasteiger partial charge in [-0.25, -0.2) is 4.99 Å². The van der Waals surface area contributed by atoms with E-state index >= 15 is 0 Å². The molecule has 0 saturated carbocycles. The van der Waals surface area contributed by atoms with Crippen molar-refractivity contribution in [2.45, 2.75) is 12.1 Å². The third-order valence-electron chi connectivity index (χ3n) is 5.02. The number of nitrogen functional groups attached to an aromatic ring is 2. The summed E-state index contributed by atoms with van der Waals surface area (Å²) < 4.78 is 5.45. The Balaban J connectivity index is 2.02. The van der Waals surface area contributed by atoms with Crippen LogP contribution in [0.3, 0.4) is 0 Å². The topological polar surface area (TPSA) is 126 Å². The molecule has 0 radical (unpaired) electrons. The molecule has 2 heterocycles. The summed E-state index contributed by atoms with van der Waals surface area (Å²) >= 11 is 0. The third kappa shape index (κ3) is 1.73. The fourth-order valence-corrected chi connectivity index (χ4v) is 3.80. The van der Waals surface area contributed by atoms with Crippen molar-refractivity contribution < 1.29 is 14.9 Å². The molecule has 0 bridgehead atoms. The van der Waals surface area contributed by atoms with Gasteiger partial charge in [0.2, 0.25) is 0 Å².